The van der Waals surface area contributed by atoms with Crippen molar-refractivity contribution in [3.63, 3.8) is 0 Å². The van der Waals surface area contributed by atoms with Gasteiger partial charge in [0.2, 0.25) is 0 Å². The molecule has 0 bridgehead atoms. The van der Waals surface area contributed by atoms with Gasteiger partial charge in [0, 0.05) is 12.1 Å². The van der Waals surface area contributed by atoms with E-state index in [1.165, 1.54) is 64.2 Å². The van der Waals surface area contributed by atoms with Gasteiger partial charge in [-0.1, -0.05) is 44.9 Å². The molecule has 2 saturated carbocycles. The number of aliphatic hydroxyl groups is 1. The summed E-state index contributed by atoms with van der Waals surface area (Å²) in [5.74, 6) is 0. The summed E-state index contributed by atoms with van der Waals surface area (Å²) < 4.78 is 0. The molecule has 100 valence electrons. The smallest absolute Gasteiger partial charge is 0.0695 e. The lowest BCUT2D eigenvalue weighted by Gasteiger charge is -2.36. The molecule has 0 heterocycles. The van der Waals surface area contributed by atoms with Gasteiger partial charge in [0.25, 0.3) is 0 Å². The minimum Gasteiger partial charge on any atom is -0.391 e. The highest BCUT2D eigenvalue weighted by Crippen LogP contribution is 2.28. The monoisotopic (exact) mass is 239 g/mol. The molecule has 2 heteroatoms. The molecule has 0 aromatic carbocycles. The van der Waals surface area contributed by atoms with Crippen LogP contribution in [0.4, 0.5) is 0 Å². The van der Waals surface area contributed by atoms with Crippen LogP contribution in [0.2, 0.25) is 0 Å². The Morgan fingerprint density at radius 1 is 0.765 bits per heavy atom. The molecule has 17 heavy (non-hydrogen) atoms. The van der Waals surface area contributed by atoms with Crippen molar-refractivity contribution in [2.45, 2.75) is 88.8 Å². The van der Waals surface area contributed by atoms with Crippen LogP contribution in [0.1, 0.15) is 70.6 Å². The Labute approximate surface area is 106 Å². The van der Waals surface area contributed by atoms with E-state index >= 15 is 0 Å². The topological polar surface area (TPSA) is 23.5 Å². The van der Waals surface area contributed by atoms with Gasteiger partial charge in [-0.15, -0.1) is 0 Å². The fourth-order valence-corrected chi connectivity index (χ4v) is 3.68. The highest BCUT2D eigenvalue weighted by Gasteiger charge is 2.29. The molecule has 0 saturated heterocycles. The lowest BCUT2D eigenvalue weighted by Crippen LogP contribution is -2.46. The minimum atomic E-state index is -0.0780. The van der Waals surface area contributed by atoms with Gasteiger partial charge < -0.3 is 5.11 Å². The van der Waals surface area contributed by atoms with E-state index in [1.54, 1.807) is 0 Å². The van der Waals surface area contributed by atoms with Crippen LogP contribution in [0.15, 0.2) is 0 Å². The fraction of sp³-hybridized carbons (Fsp3) is 1.00. The summed E-state index contributed by atoms with van der Waals surface area (Å²) >= 11 is 0. The van der Waals surface area contributed by atoms with Crippen LogP contribution in [0, 0.1) is 0 Å². The molecule has 2 unspecified atom stereocenters. The van der Waals surface area contributed by atoms with E-state index < -0.39 is 0 Å². The third-order valence-electron chi connectivity index (χ3n) is 4.87. The molecule has 0 aromatic rings. The number of hydrogen-bond donors (Lipinski definition) is 1. The number of likely N-dealkylation sites (N-methyl/N-ethyl adjacent to an activating group) is 1. The summed E-state index contributed by atoms with van der Waals surface area (Å²) in [5.41, 5.74) is 0. The van der Waals surface area contributed by atoms with Crippen LogP contribution in [-0.4, -0.2) is 35.2 Å². The van der Waals surface area contributed by atoms with E-state index in [0.29, 0.717) is 6.04 Å². The SMILES string of the molecule is CN(C1CCCCCC1)C1CCCCCC1O. The van der Waals surface area contributed by atoms with Gasteiger partial charge in [-0.3, -0.25) is 4.90 Å². The first-order valence-corrected chi connectivity index (χ1v) is 7.69. The maximum atomic E-state index is 10.3. The average molecular weight is 239 g/mol. The molecular formula is C15H29NO. The zero-order chi connectivity index (χ0) is 12.1. The van der Waals surface area contributed by atoms with Gasteiger partial charge in [-0.05, 0) is 32.7 Å². The number of rotatable bonds is 2. The van der Waals surface area contributed by atoms with Crippen LogP contribution >= 0.6 is 0 Å². The molecule has 2 aliphatic rings. The summed E-state index contributed by atoms with van der Waals surface area (Å²) in [5, 5.41) is 10.3. The fourth-order valence-electron chi connectivity index (χ4n) is 3.68. The summed E-state index contributed by atoms with van der Waals surface area (Å²) in [7, 11) is 2.26. The van der Waals surface area contributed by atoms with Crippen LogP contribution in [-0.2, 0) is 0 Å². The second-order valence-electron chi connectivity index (χ2n) is 6.08. The Hall–Kier alpha value is -0.0800. The molecule has 0 aliphatic heterocycles. The molecular weight excluding hydrogens is 210 g/mol. The van der Waals surface area contributed by atoms with Crippen molar-refractivity contribution in [2.75, 3.05) is 7.05 Å². The molecule has 0 aromatic heterocycles. The lowest BCUT2D eigenvalue weighted by molar-refractivity contribution is 0.0320. The van der Waals surface area contributed by atoms with E-state index in [9.17, 15) is 5.11 Å². The third-order valence-corrected chi connectivity index (χ3v) is 4.87. The number of nitrogens with zero attached hydrogens (tertiary/aromatic N) is 1. The standard InChI is InChI=1S/C15H29NO/c1-16(13-9-5-2-3-6-10-13)14-11-7-4-8-12-15(14)17/h13-15,17H,2-12H2,1H3. The Morgan fingerprint density at radius 3 is 2.00 bits per heavy atom. The largest absolute Gasteiger partial charge is 0.391 e. The molecule has 2 fully saturated rings. The van der Waals surface area contributed by atoms with Crippen molar-refractivity contribution < 1.29 is 5.11 Å². The summed E-state index contributed by atoms with van der Waals surface area (Å²) in [6.07, 6.45) is 14.3. The highest BCUT2D eigenvalue weighted by atomic mass is 16.3. The quantitative estimate of drug-likeness (QED) is 0.747. The van der Waals surface area contributed by atoms with Gasteiger partial charge in [0.1, 0.15) is 0 Å². The zero-order valence-corrected chi connectivity index (χ0v) is 11.4. The van der Waals surface area contributed by atoms with Gasteiger partial charge >= 0.3 is 0 Å². The predicted octanol–water partition coefficient (Wildman–Crippen LogP) is 3.33. The van der Waals surface area contributed by atoms with E-state index in [1.807, 2.05) is 0 Å². The molecule has 2 nitrogen and oxygen atoms in total. The van der Waals surface area contributed by atoms with Crippen molar-refractivity contribution in [1.29, 1.82) is 0 Å². The Morgan fingerprint density at radius 2 is 1.29 bits per heavy atom. The normalized spacial score (nSPS) is 33.4. The van der Waals surface area contributed by atoms with Crippen molar-refractivity contribution in [3.05, 3.63) is 0 Å². The van der Waals surface area contributed by atoms with E-state index in [-0.39, 0.29) is 6.10 Å². The molecule has 0 amide bonds. The average Bonchev–Trinajstić information content (AvgIpc) is 2.70. The van der Waals surface area contributed by atoms with E-state index in [0.717, 1.165) is 12.5 Å². The van der Waals surface area contributed by atoms with Gasteiger partial charge in [-0.25, -0.2) is 0 Å². The third kappa shape index (κ3) is 3.69. The van der Waals surface area contributed by atoms with Crippen molar-refractivity contribution in [1.82, 2.24) is 4.90 Å². The number of aliphatic hydroxyl groups excluding tert-OH is 1. The Balaban J connectivity index is 1.93. The van der Waals surface area contributed by atoms with Crippen molar-refractivity contribution >= 4 is 0 Å². The van der Waals surface area contributed by atoms with Crippen molar-refractivity contribution in [3.8, 4) is 0 Å². The summed E-state index contributed by atoms with van der Waals surface area (Å²) in [4.78, 5) is 2.53. The second-order valence-corrected chi connectivity index (χ2v) is 6.08. The first-order chi connectivity index (χ1) is 8.29. The zero-order valence-electron chi connectivity index (χ0n) is 11.4. The number of hydrogen-bond acceptors (Lipinski definition) is 2. The second kappa shape index (κ2) is 6.75. The predicted molar refractivity (Wildman–Crippen MR) is 72.1 cm³/mol. The minimum absolute atomic E-state index is 0.0780. The molecule has 2 atom stereocenters. The van der Waals surface area contributed by atoms with Crippen LogP contribution in [0.25, 0.3) is 0 Å². The molecule has 2 aliphatic carbocycles. The van der Waals surface area contributed by atoms with Crippen LogP contribution in [0.5, 0.6) is 0 Å². The first-order valence-electron chi connectivity index (χ1n) is 7.69. The Kier molecular flexibility index (Phi) is 5.30. The van der Waals surface area contributed by atoms with Gasteiger partial charge in [0.15, 0.2) is 0 Å². The molecule has 0 radical (unpaired) electrons. The maximum absolute atomic E-state index is 10.3. The lowest BCUT2D eigenvalue weighted by atomic mass is 9.99. The van der Waals surface area contributed by atoms with Gasteiger partial charge in [-0.2, -0.15) is 0 Å². The molecule has 0 spiro atoms. The molecule has 1 N–H and O–H groups in total. The first kappa shape index (κ1) is 13.4. The Bertz CT molecular complexity index is 211. The van der Waals surface area contributed by atoms with E-state index in [4.69, 9.17) is 0 Å². The molecule has 2 rings (SSSR count). The maximum Gasteiger partial charge on any atom is 0.0695 e. The van der Waals surface area contributed by atoms with Gasteiger partial charge in [0.05, 0.1) is 6.10 Å². The highest BCUT2D eigenvalue weighted by molar-refractivity contribution is 4.84. The summed E-state index contributed by atoms with van der Waals surface area (Å²) in [6.45, 7) is 0. The van der Waals surface area contributed by atoms with E-state index in [2.05, 4.69) is 11.9 Å². The van der Waals surface area contributed by atoms with Crippen LogP contribution < -0.4 is 0 Å². The van der Waals surface area contributed by atoms with Crippen LogP contribution in [0.3, 0.4) is 0 Å². The summed E-state index contributed by atoms with van der Waals surface area (Å²) in [6, 6.07) is 1.16. The van der Waals surface area contributed by atoms with Crippen molar-refractivity contribution in [2.24, 2.45) is 0 Å².